The van der Waals surface area contributed by atoms with E-state index in [1.807, 2.05) is 49.5 Å². The molecule has 1 aliphatic heterocycles. The summed E-state index contributed by atoms with van der Waals surface area (Å²) in [6, 6.07) is 14.2. The van der Waals surface area contributed by atoms with Crippen LogP contribution in [0.15, 0.2) is 48.7 Å². The highest BCUT2D eigenvalue weighted by atomic mass is 32.1. The van der Waals surface area contributed by atoms with Gasteiger partial charge in [-0.2, -0.15) is 0 Å². The Hall–Kier alpha value is -2.61. The Kier molecular flexibility index (Phi) is 5.33. The summed E-state index contributed by atoms with van der Waals surface area (Å²) in [4.78, 5) is 26.0. The number of ether oxygens (including phenoxy) is 1. The second-order valence-corrected chi connectivity index (χ2v) is 9.43. The van der Waals surface area contributed by atoms with Crippen LogP contribution in [0.4, 0.5) is 5.13 Å². The van der Waals surface area contributed by atoms with Crippen molar-refractivity contribution in [3.63, 3.8) is 0 Å². The Balaban J connectivity index is 1.28. The number of carbonyl (C=O) groups excluding carboxylic acids is 1. The molecule has 5 rings (SSSR count). The largest absolute Gasteiger partial charge is 0.378 e. The summed E-state index contributed by atoms with van der Waals surface area (Å²) in [6.45, 7) is 5.27. The standard InChI is InChI=1S/C23H21N3O2S2/c1-15-2-7-18(24-14-15)17-5-3-16(4-6-17)12-19(27)20-13-21-22(29-20)25-23(30-21)26-8-10-28-11-9-26/h2-7,13-14H,8-12H2,1H3. The maximum Gasteiger partial charge on any atom is 0.187 e. The number of fused-ring (bicyclic) bond motifs is 1. The third-order valence-electron chi connectivity index (χ3n) is 5.16. The third-order valence-corrected chi connectivity index (χ3v) is 7.42. The zero-order chi connectivity index (χ0) is 20.5. The van der Waals surface area contributed by atoms with Gasteiger partial charge in [0, 0.05) is 31.3 Å². The highest BCUT2D eigenvalue weighted by Crippen LogP contribution is 2.35. The molecule has 0 bridgehead atoms. The minimum Gasteiger partial charge on any atom is -0.378 e. The maximum absolute atomic E-state index is 12.8. The number of benzene rings is 1. The fraction of sp³-hybridized carbons (Fsp3) is 0.261. The number of hydrogen-bond acceptors (Lipinski definition) is 7. The number of anilines is 1. The summed E-state index contributed by atoms with van der Waals surface area (Å²) >= 11 is 3.15. The van der Waals surface area contributed by atoms with Crippen molar-refractivity contribution in [2.24, 2.45) is 0 Å². The van der Waals surface area contributed by atoms with Gasteiger partial charge >= 0.3 is 0 Å². The Morgan fingerprint density at radius 2 is 1.90 bits per heavy atom. The Morgan fingerprint density at radius 1 is 1.10 bits per heavy atom. The van der Waals surface area contributed by atoms with Gasteiger partial charge in [-0.05, 0) is 30.2 Å². The summed E-state index contributed by atoms with van der Waals surface area (Å²) in [7, 11) is 0. The molecular weight excluding hydrogens is 414 g/mol. The van der Waals surface area contributed by atoms with Crippen LogP contribution in [0, 0.1) is 6.92 Å². The third kappa shape index (κ3) is 4.01. The molecule has 4 aromatic rings. The summed E-state index contributed by atoms with van der Waals surface area (Å²) in [6.07, 6.45) is 2.26. The molecule has 0 spiro atoms. The summed E-state index contributed by atoms with van der Waals surface area (Å²) in [5.74, 6) is 0.138. The number of aryl methyl sites for hydroxylation is 1. The van der Waals surface area contributed by atoms with Crippen molar-refractivity contribution >= 4 is 43.1 Å². The molecule has 1 aliphatic rings. The molecule has 5 nitrogen and oxygen atoms in total. The first-order valence-corrected chi connectivity index (χ1v) is 11.6. The van der Waals surface area contributed by atoms with E-state index in [0.717, 1.165) is 68.2 Å². The van der Waals surface area contributed by atoms with Crippen LogP contribution in [0.25, 0.3) is 20.8 Å². The van der Waals surface area contributed by atoms with E-state index in [2.05, 4.69) is 16.0 Å². The van der Waals surface area contributed by atoms with E-state index in [9.17, 15) is 4.79 Å². The number of aromatic nitrogens is 2. The van der Waals surface area contributed by atoms with Crippen molar-refractivity contribution in [2.75, 3.05) is 31.2 Å². The van der Waals surface area contributed by atoms with Crippen molar-refractivity contribution in [2.45, 2.75) is 13.3 Å². The molecule has 0 atom stereocenters. The lowest BCUT2D eigenvalue weighted by atomic mass is 10.0. The monoisotopic (exact) mass is 435 g/mol. The smallest absolute Gasteiger partial charge is 0.187 e. The van der Waals surface area contributed by atoms with E-state index in [-0.39, 0.29) is 5.78 Å². The van der Waals surface area contributed by atoms with Crippen LogP contribution in [-0.4, -0.2) is 42.1 Å². The second kappa shape index (κ2) is 8.26. The molecule has 30 heavy (non-hydrogen) atoms. The number of pyridine rings is 1. The lowest BCUT2D eigenvalue weighted by Gasteiger charge is -2.25. The van der Waals surface area contributed by atoms with Crippen molar-refractivity contribution in [3.05, 3.63) is 64.7 Å². The number of ketones is 1. The number of morpholine rings is 1. The average Bonchev–Trinajstić information content (AvgIpc) is 3.35. The summed E-state index contributed by atoms with van der Waals surface area (Å²) < 4.78 is 6.50. The van der Waals surface area contributed by atoms with Gasteiger partial charge in [0.2, 0.25) is 0 Å². The first-order valence-electron chi connectivity index (χ1n) is 9.94. The molecule has 0 amide bonds. The SMILES string of the molecule is Cc1ccc(-c2ccc(CC(=O)c3cc4sc(N5CCOCC5)nc4s3)cc2)nc1. The van der Waals surface area contributed by atoms with Crippen LogP contribution in [0.5, 0.6) is 0 Å². The second-order valence-electron chi connectivity index (χ2n) is 7.39. The number of carbonyl (C=O) groups is 1. The molecule has 1 saturated heterocycles. The van der Waals surface area contributed by atoms with Crippen LogP contribution in [0.1, 0.15) is 20.8 Å². The molecule has 7 heteroatoms. The first kappa shape index (κ1) is 19.4. The lowest BCUT2D eigenvalue weighted by molar-refractivity contribution is 0.0997. The van der Waals surface area contributed by atoms with Crippen LogP contribution < -0.4 is 4.90 Å². The topological polar surface area (TPSA) is 55.3 Å². The number of thiazole rings is 1. The van der Waals surface area contributed by atoms with Gasteiger partial charge in [0.25, 0.3) is 0 Å². The number of Topliss-reactive ketones (excluding diaryl/α,β-unsaturated/α-hetero) is 1. The average molecular weight is 436 g/mol. The van der Waals surface area contributed by atoms with E-state index in [1.54, 1.807) is 11.3 Å². The number of nitrogens with zero attached hydrogens (tertiary/aromatic N) is 3. The Bertz CT molecular complexity index is 1140. The van der Waals surface area contributed by atoms with Crippen LogP contribution in [0.2, 0.25) is 0 Å². The molecule has 0 saturated carbocycles. The van der Waals surface area contributed by atoms with Crippen molar-refractivity contribution in [3.8, 4) is 11.3 Å². The first-order chi connectivity index (χ1) is 14.7. The Morgan fingerprint density at radius 3 is 2.60 bits per heavy atom. The molecule has 1 fully saturated rings. The molecule has 0 unspecified atom stereocenters. The van der Waals surface area contributed by atoms with Gasteiger partial charge in [-0.1, -0.05) is 41.7 Å². The highest BCUT2D eigenvalue weighted by Gasteiger charge is 2.19. The van der Waals surface area contributed by atoms with Gasteiger partial charge in [0.05, 0.1) is 28.5 Å². The van der Waals surface area contributed by atoms with Crippen molar-refractivity contribution in [1.29, 1.82) is 0 Å². The minimum atomic E-state index is 0.138. The quantitative estimate of drug-likeness (QED) is 0.413. The molecule has 3 aromatic heterocycles. The molecule has 4 heterocycles. The predicted molar refractivity (Wildman–Crippen MR) is 123 cm³/mol. The Labute approximate surface area is 183 Å². The predicted octanol–water partition coefficient (Wildman–Crippen LogP) is 4.99. The fourth-order valence-corrected chi connectivity index (χ4v) is 5.66. The zero-order valence-corrected chi connectivity index (χ0v) is 18.3. The summed E-state index contributed by atoms with van der Waals surface area (Å²) in [5, 5.41) is 1.03. The molecule has 0 aliphatic carbocycles. The van der Waals surface area contributed by atoms with E-state index in [0.29, 0.717) is 6.42 Å². The van der Waals surface area contributed by atoms with E-state index >= 15 is 0 Å². The van der Waals surface area contributed by atoms with E-state index < -0.39 is 0 Å². The van der Waals surface area contributed by atoms with Gasteiger partial charge < -0.3 is 9.64 Å². The molecular formula is C23H21N3O2S2. The lowest BCUT2D eigenvalue weighted by Crippen LogP contribution is -2.36. The number of hydrogen-bond donors (Lipinski definition) is 0. The fourth-order valence-electron chi connectivity index (χ4n) is 3.46. The van der Waals surface area contributed by atoms with Crippen LogP contribution in [0.3, 0.4) is 0 Å². The molecule has 1 aromatic carbocycles. The van der Waals surface area contributed by atoms with Gasteiger partial charge in [-0.15, -0.1) is 11.3 Å². The van der Waals surface area contributed by atoms with Crippen molar-refractivity contribution < 1.29 is 9.53 Å². The molecule has 152 valence electrons. The molecule has 0 N–H and O–H groups in total. The van der Waals surface area contributed by atoms with E-state index in [1.165, 1.54) is 11.3 Å². The minimum absolute atomic E-state index is 0.138. The van der Waals surface area contributed by atoms with Crippen LogP contribution >= 0.6 is 22.7 Å². The zero-order valence-electron chi connectivity index (χ0n) is 16.6. The highest BCUT2D eigenvalue weighted by molar-refractivity contribution is 7.29. The van der Waals surface area contributed by atoms with Crippen molar-refractivity contribution in [1.82, 2.24) is 9.97 Å². The van der Waals surface area contributed by atoms with E-state index in [4.69, 9.17) is 9.72 Å². The normalized spacial score (nSPS) is 14.4. The van der Waals surface area contributed by atoms with Gasteiger partial charge in [-0.25, -0.2) is 4.98 Å². The number of thiophene rings is 1. The van der Waals surface area contributed by atoms with Crippen LogP contribution in [-0.2, 0) is 11.2 Å². The van der Waals surface area contributed by atoms with Gasteiger partial charge in [-0.3, -0.25) is 9.78 Å². The number of rotatable bonds is 5. The summed E-state index contributed by atoms with van der Waals surface area (Å²) in [5.41, 5.74) is 4.15. The maximum atomic E-state index is 12.8. The molecule has 0 radical (unpaired) electrons. The van der Waals surface area contributed by atoms with Gasteiger partial charge in [0.15, 0.2) is 10.9 Å². The van der Waals surface area contributed by atoms with Gasteiger partial charge in [0.1, 0.15) is 4.83 Å².